The number of allylic oxidation sites excluding steroid dienone is 1. The number of hydrogen-bond donors (Lipinski definition) is 0. The van der Waals surface area contributed by atoms with Gasteiger partial charge in [-0.15, -0.1) is 0 Å². The SMILES string of the molecule is Cc1ccc(S(=O)(=O)/C(C#N)=C/N2CCN(c3ccccc3)CC2)cc1C. The topological polar surface area (TPSA) is 64.4 Å². The van der Waals surface area contributed by atoms with E-state index in [9.17, 15) is 13.7 Å². The van der Waals surface area contributed by atoms with E-state index < -0.39 is 9.84 Å². The van der Waals surface area contributed by atoms with Crippen LogP contribution in [0.2, 0.25) is 0 Å². The number of anilines is 1. The molecule has 6 heteroatoms. The molecule has 0 radical (unpaired) electrons. The van der Waals surface area contributed by atoms with E-state index in [1.54, 1.807) is 18.2 Å². The summed E-state index contributed by atoms with van der Waals surface area (Å²) < 4.78 is 25.7. The van der Waals surface area contributed by atoms with Crippen molar-refractivity contribution in [2.75, 3.05) is 31.1 Å². The first-order valence-electron chi connectivity index (χ1n) is 8.90. The quantitative estimate of drug-likeness (QED) is 0.761. The van der Waals surface area contributed by atoms with Crippen LogP contribution >= 0.6 is 0 Å². The Morgan fingerprint density at radius 3 is 2.26 bits per heavy atom. The van der Waals surface area contributed by atoms with Crippen LogP contribution in [0, 0.1) is 25.2 Å². The van der Waals surface area contributed by atoms with E-state index in [0.717, 1.165) is 29.9 Å². The van der Waals surface area contributed by atoms with E-state index in [0.29, 0.717) is 13.1 Å². The molecule has 3 rings (SSSR count). The standard InChI is InChI=1S/C21H23N3O2S/c1-17-8-9-20(14-18(17)2)27(25,26)21(15-22)16-23-10-12-24(13-11-23)19-6-4-3-5-7-19/h3-9,14,16H,10-13H2,1-2H3/b21-16+. The Balaban J connectivity index is 1.77. The maximum Gasteiger partial charge on any atom is 0.218 e. The Kier molecular flexibility index (Phi) is 5.52. The lowest BCUT2D eigenvalue weighted by atomic mass is 10.1. The van der Waals surface area contributed by atoms with Crippen LogP contribution in [0.25, 0.3) is 0 Å². The van der Waals surface area contributed by atoms with E-state index in [2.05, 4.69) is 17.0 Å². The lowest BCUT2D eigenvalue weighted by Crippen LogP contribution is -2.44. The number of sulfone groups is 1. The third-order valence-electron chi connectivity index (χ3n) is 4.92. The maximum absolute atomic E-state index is 12.9. The van der Waals surface area contributed by atoms with Gasteiger partial charge in [0.1, 0.15) is 6.07 Å². The zero-order valence-corrected chi connectivity index (χ0v) is 16.4. The normalized spacial score (nSPS) is 15.5. The number of nitriles is 1. The van der Waals surface area contributed by atoms with Crippen molar-refractivity contribution in [2.45, 2.75) is 18.7 Å². The van der Waals surface area contributed by atoms with Crippen molar-refractivity contribution in [3.63, 3.8) is 0 Å². The smallest absolute Gasteiger partial charge is 0.218 e. The van der Waals surface area contributed by atoms with Crippen LogP contribution in [0.15, 0.2) is 64.5 Å². The predicted octanol–water partition coefficient (Wildman–Crippen LogP) is 3.26. The van der Waals surface area contributed by atoms with Crippen molar-refractivity contribution in [3.05, 3.63) is 70.8 Å². The Labute approximate surface area is 161 Å². The van der Waals surface area contributed by atoms with Gasteiger partial charge in [0.05, 0.1) is 4.90 Å². The van der Waals surface area contributed by atoms with Gasteiger partial charge in [-0.1, -0.05) is 24.3 Å². The molecule has 1 aliphatic rings. The van der Waals surface area contributed by atoms with Crippen molar-refractivity contribution in [1.29, 1.82) is 5.26 Å². The van der Waals surface area contributed by atoms with Crippen molar-refractivity contribution in [1.82, 2.24) is 4.90 Å². The van der Waals surface area contributed by atoms with Crippen LogP contribution in [0.5, 0.6) is 0 Å². The zero-order chi connectivity index (χ0) is 19.4. The number of aryl methyl sites for hydroxylation is 2. The summed E-state index contributed by atoms with van der Waals surface area (Å²) in [6.07, 6.45) is 1.49. The lowest BCUT2D eigenvalue weighted by molar-refractivity contribution is 0.348. The van der Waals surface area contributed by atoms with Gasteiger partial charge in [0.15, 0.2) is 4.91 Å². The van der Waals surface area contributed by atoms with Gasteiger partial charge in [0, 0.05) is 38.1 Å². The molecule has 2 aromatic carbocycles. The number of rotatable bonds is 4. The zero-order valence-electron chi connectivity index (χ0n) is 15.6. The van der Waals surface area contributed by atoms with E-state index in [4.69, 9.17) is 0 Å². The molecule has 1 saturated heterocycles. The first kappa shape index (κ1) is 19.0. The average Bonchev–Trinajstić information content (AvgIpc) is 2.69. The second kappa shape index (κ2) is 7.85. The molecule has 0 bridgehead atoms. The predicted molar refractivity (Wildman–Crippen MR) is 107 cm³/mol. The minimum atomic E-state index is -3.81. The maximum atomic E-state index is 12.9. The highest BCUT2D eigenvalue weighted by atomic mass is 32.2. The Bertz CT molecular complexity index is 984. The molecule has 1 aliphatic heterocycles. The number of nitrogens with zero attached hydrogens (tertiary/aromatic N) is 3. The average molecular weight is 382 g/mol. The molecular weight excluding hydrogens is 358 g/mol. The van der Waals surface area contributed by atoms with Crippen molar-refractivity contribution in [3.8, 4) is 6.07 Å². The highest BCUT2D eigenvalue weighted by molar-refractivity contribution is 7.95. The molecule has 1 heterocycles. The van der Waals surface area contributed by atoms with Crippen LogP contribution in [0.4, 0.5) is 5.69 Å². The molecule has 0 aliphatic carbocycles. The van der Waals surface area contributed by atoms with Crippen LogP contribution in [0.1, 0.15) is 11.1 Å². The van der Waals surface area contributed by atoms with Crippen LogP contribution < -0.4 is 4.90 Å². The molecule has 0 spiro atoms. The van der Waals surface area contributed by atoms with Gasteiger partial charge in [-0.05, 0) is 49.2 Å². The molecule has 0 unspecified atom stereocenters. The molecule has 0 amide bonds. The van der Waals surface area contributed by atoms with Crippen molar-refractivity contribution >= 4 is 15.5 Å². The van der Waals surface area contributed by atoms with Gasteiger partial charge < -0.3 is 9.80 Å². The van der Waals surface area contributed by atoms with Gasteiger partial charge in [0.2, 0.25) is 9.84 Å². The van der Waals surface area contributed by atoms with Crippen molar-refractivity contribution < 1.29 is 8.42 Å². The fraction of sp³-hybridized carbons (Fsp3) is 0.286. The van der Waals surface area contributed by atoms with Crippen LogP contribution in [-0.2, 0) is 9.84 Å². The van der Waals surface area contributed by atoms with Crippen LogP contribution in [0.3, 0.4) is 0 Å². The minimum absolute atomic E-state index is 0.168. The summed E-state index contributed by atoms with van der Waals surface area (Å²) in [6.45, 7) is 6.70. The number of piperazine rings is 1. The first-order chi connectivity index (χ1) is 12.9. The summed E-state index contributed by atoms with van der Waals surface area (Å²) >= 11 is 0. The van der Waals surface area contributed by atoms with Gasteiger partial charge in [-0.2, -0.15) is 5.26 Å². The highest BCUT2D eigenvalue weighted by Crippen LogP contribution is 2.23. The van der Waals surface area contributed by atoms with E-state index in [1.807, 2.05) is 43.0 Å². The molecule has 0 atom stereocenters. The Morgan fingerprint density at radius 2 is 1.67 bits per heavy atom. The monoisotopic (exact) mass is 381 g/mol. The minimum Gasteiger partial charge on any atom is -0.372 e. The third kappa shape index (κ3) is 4.15. The second-order valence-corrected chi connectivity index (χ2v) is 8.63. The summed E-state index contributed by atoms with van der Waals surface area (Å²) in [5.74, 6) is 0. The molecule has 0 aromatic heterocycles. The Hall–Kier alpha value is -2.78. The van der Waals surface area contributed by atoms with Gasteiger partial charge in [-0.3, -0.25) is 0 Å². The fourth-order valence-electron chi connectivity index (χ4n) is 3.08. The van der Waals surface area contributed by atoms with Gasteiger partial charge >= 0.3 is 0 Å². The van der Waals surface area contributed by atoms with Crippen molar-refractivity contribution in [2.24, 2.45) is 0 Å². The molecule has 0 N–H and O–H groups in total. The lowest BCUT2D eigenvalue weighted by Gasteiger charge is -2.35. The molecule has 2 aromatic rings. The number of benzene rings is 2. The van der Waals surface area contributed by atoms with E-state index in [-0.39, 0.29) is 9.80 Å². The van der Waals surface area contributed by atoms with Gasteiger partial charge in [0.25, 0.3) is 0 Å². The largest absolute Gasteiger partial charge is 0.372 e. The van der Waals surface area contributed by atoms with Gasteiger partial charge in [-0.25, -0.2) is 8.42 Å². The van der Waals surface area contributed by atoms with E-state index in [1.165, 1.54) is 6.20 Å². The third-order valence-corrected chi connectivity index (χ3v) is 6.57. The first-order valence-corrected chi connectivity index (χ1v) is 10.4. The second-order valence-electron chi connectivity index (χ2n) is 6.71. The summed E-state index contributed by atoms with van der Waals surface area (Å²) in [7, 11) is -3.81. The molecule has 140 valence electrons. The number of para-hydroxylation sites is 1. The summed E-state index contributed by atoms with van der Waals surface area (Å²) in [4.78, 5) is 4.13. The Morgan fingerprint density at radius 1 is 1.00 bits per heavy atom. The molecule has 1 fully saturated rings. The fourth-order valence-corrected chi connectivity index (χ4v) is 4.32. The molecule has 5 nitrogen and oxygen atoms in total. The summed E-state index contributed by atoms with van der Waals surface area (Å²) in [6, 6.07) is 17.0. The van der Waals surface area contributed by atoms with Crippen LogP contribution in [-0.4, -0.2) is 39.5 Å². The highest BCUT2D eigenvalue weighted by Gasteiger charge is 2.23. The van der Waals surface area contributed by atoms with E-state index >= 15 is 0 Å². The molecule has 0 saturated carbocycles. The number of hydrogen-bond acceptors (Lipinski definition) is 5. The molecule has 27 heavy (non-hydrogen) atoms. The molecular formula is C21H23N3O2S. The summed E-state index contributed by atoms with van der Waals surface area (Å²) in [5, 5.41) is 9.47. The summed E-state index contributed by atoms with van der Waals surface area (Å²) in [5.41, 5.74) is 3.07.